The summed E-state index contributed by atoms with van der Waals surface area (Å²) in [5, 5.41) is 7.17. The SMILES string of the molecule is Cn1cc(-c2cc(N)cc(C(=O)NC3CCC3)c2)cn1. The van der Waals surface area contributed by atoms with Crippen LogP contribution in [-0.2, 0) is 7.05 Å². The van der Waals surface area contributed by atoms with Gasteiger partial charge in [0.05, 0.1) is 6.20 Å². The zero-order valence-corrected chi connectivity index (χ0v) is 11.5. The lowest BCUT2D eigenvalue weighted by molar-refractivity contribution is 0.0917. The van der Waals surface area contributed by atoms with Gasteiger partial charge in [-0.05, 0) is 43.0 Å². The van der Waals surface area contributed by atoms with Gasteiger partial charge in [0.1, 0.15) is 0 Å². The molecule has 1 fully saturated rings. The fourth-order valence-corrected chi connectivity index (χ4v) is 2.34. The van der Waals surface area contributed by atoms with Crippen LogP contribution >= 0.6 is 0 Å². The van der Waals surface area contributed by atoms with Gasteiger partial charge in [0.2, 0.25) is 0 Å². The summed E-state index contributed by atoms with van der Waals surface area (Å²) in [5.41, 5.74) is 8.98. The standard InChI is InChI=1S/C15H18N4O/c1-19-9-12(8-17-19)10-5-11(7-13(16)6-10)15(20)18-14-3-2-4-14/h5-9,14H,2-4,16H2,1H3,(H,18,20). The average molecular weight is 270 g/mol. The van der Waals surface area contributed by atoms with Crippen LogP contribution in [0, 0.1) is 0 Å². The predicted molar refractivity (Wildman–Crippen MR) is 78.2 cm³/mol. The second-order valence-corrected chi connectivity index (χ2v) is 5.35. The smallest absolute Gasteiger partial charge is 0.251 e. The van der Waals surface area contributed by atoms with Crippen molar-refractivity contribution < 1.29 is 4.79 Å². The van der Waals surface area contributed by atoms with Crippen LogP contribution in [0.2, 0.25) is 0 Å². The first-order chi connectivity index (χ1) is 9.61. The summed E-state index contributed by atoms with van der Waals surface area (Å²) in [7, 11) is 1.86. The lowest BCUT2D eigenvalue weighted by Crippen LogP contribution is -2.39. The summed E-state index contributed by atoms with van der Waals surface area (Å²) in [6.07, 6.45) is 7.01. The molecule has 3 N–H and O–H groups in total. The Kier molecular flexibility index (Phi) is 3.18. The third-order valence-corrected chi connectivity index (χ3v) is 3.70. The summed E-state index contributed by atoms with van der Waals surface area (Å²) in [4.78, 5) is 12.2. The Morgan fingerprint density at radius 1 is 1.35 bits per heavy atom. The lowest BCUT2D eigenvalue weighted by atomic mass is 9.93. The molecule has 0 atom stereocenters. The molecular weight excluding hydrogens is 252 g/mol. The molecule has 0 spiro atoms. The van der Waals surface area contributed by atoms with Gasteiger partial charge in [-0.25, -0.2) is 0 Å². The number of aromatic nitrogens is 2. The Morgan fingerprint density at radius 2 is 2.15 bits per heavy atom. The molecule has 20 heavy (non-hydrogen) atoms. The number of aryl methyl sites for hydroxylation is 1. The summed E-state index contributed by atoms with van der Waals surface area (Å²) >= 11 is 0. The summed E-state index contributed by atoms with van der Waals surface area (Å²) in [6.45, 7) is 0. The van der Waals surface area contributed by atoms with E-state index in [0.717, 1.165) is 24.0 Å². The minimum absolute atomic E-state index is 0.0489. The van der Waals surface area contributed by atoms with E-state index in [1.165, 1.54) is 6.42 Å². The van der Waals surface area contributed by atoms with Crippen LogP contribution in [0.4, 0.5) is 5.69 Å². The van der Waals surface area contributed by atoms with Crippen LogP contribution in [0.5, 0.6) is 0 Å². The molecule has 1 heterocycles. The molecule has 0 bridgehead atoms. The minimum atomic E-state index is -0.0489. The van der Waals surface area contributed by atoms with Gasteiger partial charge < -0.3 is 11.1 Å². The van der Waals surface area contributed by atoms with Crippen molar-refractivity contribution in [2.24, 2.45) is 7.05 Å². The van der Waals surface area contributed by atoms with Crippen LogP contribution in [0.3, 0.4) is 0 Å². The summed E-state index contributed by atoms with van der Waals surface area (Å²) in [6, 6.07) is 5.76. The van der Waals surface area contributed by atoms with Gasteiger partial charge in [0, 0.05) is 36.1 Å². The molecule has 1 aliphatic carbocycles. The molecule has 0 unspecified atom stereocenters. The highest BCUT2D eigenvalue weighted by molar-refractivity contribution is 5.96. The van der Waals surface area contributed by atoms with E-state index in [2.05, 4.69) is 10.4 Å². The number of nitrogens with two attached hydrogens (primary N) is 1. The van der Waals surface area contributed by atoms with Gasteiger partial charge in [0.15, 0.2) is 0 Å². The Morgan fingerprint density at radius 3 is 2.75 bits per heavy atom. The second kappa shape index (κ2) is 5.00. The van der Waals surface area contributed by atoms with E-state index < -0.39 is 0 Å². The minimum Gasteiger partial charge on any atom is -0.399 e. The molecule has 5 nitrogen and oxygen atoms in total. The van der Waals surface area contributed by atoms with E-state index in [4.69, 9.17) is 5.73 Å². The van der Waals surface area contributed by atoms with Crippen molar-refractivity contribution in [2.45, 2.75) is 25.3 Å². The maximum Gasteiger partial charge on any atom is 0.251 e. The van der Waals surface area contributed by atoms with Gasteiger partial charge in [-0.2, -0.15) is 5.10 Å². The Hall–Kier alpha value is -2.30. The van der Waals surface area contributed by atoms with Crippen LogP contribution in [0.1, 0.15) is 29.6 Å². The Labute approximate surface area is 117 Å². The van der Waals surface area contributed by atoms with E-state index in [1.807, 2.05) is 25.4 Å². The number of carbonyl (C=O) groups excluding carboxylic acids is 1. The summed E-state index contributed by atoms with van der Waals surface area (Å²) < 4.78 is 1.73. The largest absolute Gasteiger partial charge is 0.399 e. The number of nitrogens with zero attached hydrogens (tertiary/aromatic N) is 2. The van der Waals surface area contributed by atoms with Crippen molar-refractivity contribution in [3.63, 3.8) is 0 Å². The molecular formula is C15H18N4O. The predicted octanol–water partition coefficient (Wildman–Crippen LogP) is 1.95. The number of rotatable bonds is 3. The quantitative estimate of drug-likeness (QED) is 0.837. The molecule has 5 heteroatoms. The van der Waals surface area contributed by atoms with Gasteiger partial charge in [-0.1, -0.05) is 0 Å². The molecule has 1 aliphatic rings. The van der Waals surface area contributed by atoms with Crippen LogP contribution < -0.4 is 11.1 Å². The monoisotopic (exact) mass is 270 g/mol. The zero-order chi connectivity index (χ0) is 14.1. The number of hydrogen-bond donors (Lipinski definition) is 2. The highest BCUT2D eigenvalue weighted by atomic mass is 16.1. The van der Waals surface area contributed by atoms with Crippen molar-refractivity contribution in [1.29, 1.82) is 0 Å². The third-order valence-electron chi connectivity index (χ3n) is 3.70. The molecule has 0 saturated heterocycles. The lowest BCUT2D eigenvalue weighted by Gasteiger charge is -2.26. The first-order valence-corrected chi connectivity index (χ1v) is 6.82. The number of benzene rings is 1. The normalized spacial score (nSPS) is 14.8. The van der Waals surface area contributed by atoms with Crippen molar-refractivity contribution in [3.8, 4) is 11.1 Å². The Bertz CT molecular complexity index is 643. The van der Waals surface area contributed by atoms with Gasteiger partial charge >= 0.3 is 0 Å². The van der Waals surface area contributed by atoms with Crippen molar-refractivity contribution in [3.05, 3.63) is 36.2 Å². The van der Waals surface area contributed by atoms with Crippen molar-refractivity contribution in [1.82, 2.24) is 15.1 Å². The first kappa shape index (κ1) is 12.7. The first-order valence-electron chi connectivity index (χ1n) is 6.82. The van der Waals surface area contributed by atoms with Crippen LogP contribution in [0.15, 0.2) is 30.6 Å². The van der Waals surface area contributed by atoms with E-state index in [0.29, 0.717) is 17.3 Å². The third kappa shape index (κ3) is 2.52. The fourth-order valence-electron chi connectivity index (χ4n) is 2.34. The zero-order valence-electron chi connectivity index (χ0n) is 11.5. The number of amides is 1. The van der Waals surface area contributed by atoms with Crippen LogP contribution in [-0.4, -0.2) is 21.7 Å². The van der Waals surface area contributed by atoms with Gasteiger partial charge in [-0.15, -0.1) is 0 Å². The maximum absolute atomic E-state index is 12.2. The number of nitrogens with one attached hydrogen (secondary N) is 1. The molecule has 104 valence electrons. The van der Waals surface area contributed by atoms with Crippen LogP contribution in [0.25, 0.3) is 11.1 Å². The molecule has 3 rings (SSSR count). The molecule has 0 aliphatic heterocycles. The van der Waals surface area contributed by atoms with Crippen molar-refractivity contribution in [2.75, 3.05) is 5.73 Å². The number of nitrogen functional groups attached to an aromatic ring is 1. The molecule has 1 amide bonds. The average Bonchev–Trinajstić information content (AvgIpc) is 2.79. The highest BCUT2D eigenvalue weighted by Gasteiger charge is 2.20. The van der Waals surface area contributed by atoms with Gasteiger partial charge in [0.25, 0.3) is 5.91 Å². The summed E-state index contributed by atoms with van der Waals surface area (Å²) in [5.74, 6) is -0.0489. The molecule has 2 aromatic rings. The second-order valence-electron chi connectivity index (χ2n) is 5.35. The van der Waals surface area contributed by atoms with E-state index in [9.17, 15) is 4.79 Å². The Balaban J connectivity index is 1.87. The van der Waals surface area contributed by atoms with Gasteiger partial charge in [-0.3, -0.25) is 9.48 Å². The molecule has 1 saturated carbocycles. The number of hydrogen-bond acceptors (Lipinski definition) is 3. The molecule has 1 aromatic heterocycles. The van der Waals surface area contributed by atoms with E-state index in [1.54, 1.807) is 16.9 Å². The topological polar surface area (TPSA) is 72.9 Å². The number of carbonyl (C=O) groups is 1. The highest BCUT2D eigenvalue weighted by Crippen LogP contribution is 2.24. The fraction of sp³-hybridized carbons (Fsp3) is 0.333. The van der Waals surface area contributed by atoms with E-state index in [-0.39, 0.29) is 5.91 Å². The van der Waals surface area contributed by atoms with E-state index >= 15 is 0 Å². The van der Waals surface area contributed by atoms with Crippen molar-refractivity contribution >= 4 is 11.6 Å². The molecule has 0 radical (unpaired) electrons. The maximum atomic E-state index is 12.2. The molecule has 1 aromatic carbocycles. The number of anilines is 1.